The van der Waals surface area contributed by atoms with Gasteiger partial charge in [0.2, 0.25) is 11.8 Å². The van der Waals surface area contributed by atoms with Crippen LogP contribution < -0.4 is 10.2 Å². The molecule has 146 valence electrons. The average molecular weight is 386 g/mol. The molecule has 2 fully saturated rings. The molecule has 28 heavy (non-hydrogen) atoms. The van der Waals surface area contributed by atoms with Crippen molar-refractivity contribution < 1.29 is 27.9 Å². The van der Waals surface area contributed by atoms with Gasteiger partial charge in [-0.3, -0.25) is 19.7 Å². The fraction of sp³-hybridized carbons (Fsp3) is 0.350. The predicted molar refractivity (Wildman–Crippen MR) is 95.5 cm³/mol. The number of carbonyl (C=O) groups excluding carboxylic acids is 3. The van der Waals surface area contributed by atoms with Crippen LogP contribution in [0, 0.1) is 17.7 Å². The second kappa shape index (κ2) is 6.56. The number of halogens is 1. The first kappa shape index (κ1) is 18.4. The number of benzene rings is 1. The number of carbonyl (C=O) groups is 3. The summed E-state index contributed by atoms with van der Waals surface area (Å²) in [6, 6.07) is 7.77. The maximum Gasteiger partial charge on any atom is 0.326 e. The number of esters is 1. The Morgan fingerprint density at radius 1 is 1.25 bits per heavy atom. The van der Waals surface area contributed by atoms with Crippen LogP contribution in [0.5, 0.6) is 0 Å². The molecule has 2 aliphatic heterocycles. The molecule has 0 unspecified atom stereocenters. The fourth-order valence-electron chi connectivity index (χ4n) is 4.16. The molecule has 0 bridgehead atoms. The van der Waals surface area contributed by atoms with Crippen molar-refractivity contribution in [2.24, 2.45) is 11.8 Å². The van der Waals surface area contributed by atoms with E-state index < -0.39 is 47.0 Å². The number of rotatable bonds is 4. The third-order valence-electron chi connectivity index (χ3n) is 5.42. The summed E-state index contributed by atoms with van der Waals surface area (Å²) in [7, 11) is 0. The molecule has 2 aromatic rings. The molecule has 2 saturated heterocycles. The first-order chi connectivity index (χ1) is 13.4. The van der Waals surface area contributed by atoms with Crippen molar-refractivity contribution >= 4 is 23.5 Å². The van der Waals surface area contributed by atoms with Gasteiger partial charge >= 0.3 is 5.97 Å². The quantitative estimate of drug-likeness (QED) is 0.640. The van der Waals surface area contributed by atoms with E-state index in [4.69, 9.17) is 9.15 Å². The van der Waals surface area contributed by atoms with Gasteiger partial charge in [-0.2, -0.15) is 0 Å². The summed E-state index contributed by atoms with van der Waals surface area (Å²) < 4.78 is 23.9. The molecule has 1 aromatic heterocycles. The van der Waals surface area contributed by atoms with E-state index >= 15 is 0 Å². The van der Waals surface area contributed by atoms with Crippen molar-refractivity contribution in [3.8, 4) is 0 Å². The van der Waals surface area contributed by atoms with Crippen molar-refractivity contribution in [2.45, 2.75) is 25.4 Å². The van der Waals surface area contributed by atoms with Crippen LogP contribution in [-0.4, -0.2) is 29.9 Å². The Hall–Kier alpha value is -3.00. The smallest absolute Gasteiger partial charge is 0.326 e. The minimum absolute atomic E-state index is 0.142. The van der Waals surface area contributed by atoms with Crippen LogP contribution >= 0.6 is 0 Å². The number of hydrogen-bond donors (Lipinski definition) is 1. The molecule has 1 aromatic carbocycles. The van der Waals surface area contributed by atoms with E-state index in [1.807, 2.05) is 0 Å². The number of amides is 2. The van der Waals surface area contributed by atoms with Crippen molar-refractivity contribution in [2.75, 3.05) is 11.5 Å². The van der Waals surface area contributed by atoms with Gasteiger partial charge in [0.05, 0.1) is 36.4 Å². The molecule has 3 heterocycles. The van der Waals surface area contributed by atoms with E-state index in [0.29, 0.717) is 5.76 Å². The number of hydrogen-bond acceptors (Lipinski definition) is 6. The number of imide groups is 1. The summed E-state index contributed by atoms with van der Waals surface area (Å²) in [6.45, 7) is 3.37. The van der Waals surface area contributed by atoms with Crippen molar-refractivity contribution in [1.82, 2.24) is 5.32 Å². The van der Waals surface area contributed by atoms with Gasteiger partial charge in [0.1, 0.15) is 17.1 Å². The lowest BCUT2D eigenvalue weighted by atomic mass is 9.81. The summed E-state index contributed by atoms with van der Waals surface area (Å²) in [5.41, 5.74) is -1.14. The largest absolute Gasteiger partial charge is 0.468 e. The lowest BCUT2D eigenvalue weighted by Gasteiger charge is -2.28. The second-order valence-corrected chi connectivity index (χ2v) is 7.05. The van der Waals surface area contributed by atoms with Gasteiger partial charge in [-0.15, -0.1) is 0 Å². The van der Waals surface area contributed by atoms with E-state index in [1.165, 1.54) is 30.5 Å². The van der Waals surface area contributed by atoms with E-state index in [0.717, 1.165) is 4.90 Å². The SMILES string of the molecule is CCOC(=O)[C@]1(C)N[C@H](c2ccco2)[C@@H]2C(=O)N(c3ccc(F)cc3)C(=O)[C@H]21. The highest BCUT2D eigenvalue weighted by Crippen LogP contribution is 2.50. The minimum Gasteiger partial charge on any atom is -0.468 e. The molecule has 0 aliphatic carbocycles. The Morgan fingerprint density at radius 2 is 1.96 bits per heavy atom. The van der Waals surface area contributed by atoms with Gasteiger partial charge in [0, 0.05) is 0 Å². The number of nitrogens with zero attached hydrogens (tertiary/aromatic N) is 1. The van der Waals surface area contributed by atoms with Gasteiger partial charge in [-0.05, 0) is 50.2 Å². The molecule has 2 aliphatic rings. The Labute approximate surface area is 160 Å². The van der Waals surface area contributed by atoms with Crippen LogP contribution in [0.2, 0.25) is 0 Å². The number of ether oxygens (including phenoxy) is 1. The average Bonchev–Trinajstić information content (AvgIpc) is 3.35. The molecule has 0 saturated carbocycles. The van der Waals surface area contributed by atoms with E-state index in [-0.39, 0.29) is 12.3 Å². The Bertz CT molecular complexity index is 927. The van der Waals surface area contributed by atoms with Crippen LogP contribution in [0.3, 0.4) is 0 Å². The number of anilines is 1. The second-order valence-electron chi connectivity index (χ2n) is 7.05. The standard InChI is InChI=1S/C20H19FN2O5/c1-3-27-19(26)20(2)15-14(16(22-20)13-5-4-10-28-13)17(24)23(18(15)25)12-8-6-11(21)7-9-12/h4-10,14-16,22H,3H2,1-2H3/t14-,15+,16-,20-/m1/s1. The lowest BCUT2D eigenvalue weighted by molar-refractivity contribution is -0.153. The number of furan rings is 1. The zero-order valence-corrected chi connectivity index (χ0v) is 15.3. The van der Waals surface area contributed by atoms with Gasteiger partial charge in [0.25, 0.3) is 0 Å². The number of nitrogens with one attached hydrogen (secondary N) is 1. The highest BCUT2D eigenvalue weighted by atomic mass is 19.1. The summed E-state index contributed by atoms with van der Waals surface area (Å²) >= 11 is 0. The van der Waals surface area contributed by atoms with Gasteiger partial charge in [-0.25, -0.2) is 9.29 Å². The van der Waals surface area contributed by atoms with Crippen LogP contribution in [-0.2, 0) is 19.1 Å². The summed E-state index contributed by atoms with van der Waals surface area (Å²) in [4.78, 5) is 40.2. The highest BCUT2D eigenvalue weighted by molar-refractivity contribution is 6.24. The topological polar surface area (TPSA) is 88.8 Å². The lowest BCUT2D eigenvalue weighted by Crippen LogP contribution is -2.54. The molecule has 1 N–H and O–H groups in total. The summed E-state index contributed by atoms with van der Waals surface area (Å²) in [5.74, 6) is -3.46. The first-order valence-electron chi connectivity index (χ1n) is 9.00. The van der Waals surface area contributed by atoms with Crippen LogP contribution in [0.4, 0.5) is 10.1 Å². The Balaban J connectivity index is 1.80. The molecule has 7 nitrogen and oxygen atoms in total. The number of fused-ring (bicyclic) bond motifs is 1. The zero-order chi connectivity index (χ0) is 20.1. The molecule has 8 heteroatoms. The summed E-state index contributed by atoms with van der Waals surface area (Å²) in [5, 5.41) is 3.10. The van der Waals surface area contributed by atoms with E-state index in [9.17, 15) is 18.8 Å². The third-order valence-corrected chi connectivity index (χ3v) is 5.42. The minimum atomic E-state index is -1.40. The first-order valence-corrected chi connectivity index (χ1v) is 9.00. The highest BCUT2D eigenvalue weighted by Gasteiger charge is 2.67. The van der Waals surface area contributed by atoms with Gasteiger partial charge in [0.15, 0.2) is 0 Å². The predicted octanol–water partition coefficient (Wildman–Crippen LogP) is 2.19. The molecule has 0 spiro atoms. The molecular weight excluding hydrogens is 367 g/mol. The van der Waals surface area contributed by atoms with Crippen molar-refractivity contribution in [3.05, 3.63) is 54.2 Å². The van der Waals surface area contributed by atoms with E-state index in [1.54, 1.807) is 26.0 Å². The van der Waals surface area contributed by atoms with Gasteiger partial charge < -0.3 is 9.15 Å². The van der Waals surface area contributed by atoms with Crippen LogP contribution in [0.15, 0.2) is 47.1 Å². The maximum atomic E-state index is 13.3. The normalized spacial score (nSPS) is 29.2. The molecule has 4 atom stereocenters. The van der Waals surface area contributed by atoms with Crippen molar-refractivity contribution in [3.63, 3.8) is 0 Å². The van der Waals surface area contributed by atoms with Crippen LogP contribution in [0.25, 0.3) is 0 Å². The zero-order valence-electron chi connectivity index (χ0n) is 15.3. The molecule has 2 amide bonds. The molecular formula is C20H19FN2O5. The Kier molecular flexibility index (Phi) is 4.30. The molecule has 4 rings (SSSR count). The fourth-order valence-corrected chi connectivity index (χ4v) is 4.16. The maximum absolute atomic E-state index is 13.3. The van der Waals surface area contributed by atoms with Gasteiger partial charge in [-0.1, -0.05) is 0 Å². The van der Waals surface area contributed by atoms with E-state index in [2.05, 4.69) is 5.32 Å². The Morgan fingerprint density at radius 3 is 2.57 bits per heavy atom. The van der Waals surface area contributed by atoms with Crippen molar-refractivity contribution in [1.29, 1.82) is 0 Å². The summed E-state index contributed by atoms with van der Waals surface area (Å²) in [6.07, 6.45) is 1.46. The molecule has 0 radical (unpaired) electrons. The monoisotopic (exact) mass is 386 g/mol. The van der Waals surface area contributed by atoms with Crippen LogP contribution in [0.1, 0.15) is 25.6 Å². The third kappa shape index (κ3) is 2.56.